The van der Waals surface area contributed by atoms with E-state index in [2.05, 4.69) is 173 Å². The van der Waals surface area contributed by atoms with Crippen LogP contribution in [0.2, 0.25) is 0 Å². The summed E-state index contributed by atoms with van der Waals surface area (Å²) < 4.78 is 0. The fourth-order valence-electron chi connectivity index (χ4n) is 3.09. The van der Waals surface area contributed by atoms with E-state index in [9.17, 15) is 0 Å². The molecule has 4 rings (SSSR count). The molecular weight excluding hydrogens is 480 g/mol. The zero-order valence-corrected chi connectivity index (χ0v) is 26.2. The van der Waals surface area contributed by atoms with Crippen molar-refractivity contribution in [3.8, 4) is 0 Å². The van der Waals surface area contributed by atoms with Crippen LogP contribution in [0.3, 0.4) is 0 Å². The van der Waals surface area contributed by atoms with Crippen LogP contribution in [-0.4, -0.2) is 0 Å². The lowest BCUT2D eigenvalue weighted by atomic mass is 10.1. The number of rotatable bonds is 2. The van der Waals surface area contributed by atoms with Crippen LogP contribution < -0.4 is 0 Å². The Morgan fingerprint density at radius 1 is 0.450 bits per heavy atom. The van der Waals surface area contributed by atoms with Gasteiger partial charge in [-0.25, -0.2) is 0 Å². The number of benzene rings is 4. The monoisotopic (exact) mass is 542 g/mol. The molecule has 0 atom stereocenters. The largest absolute Gasteiger partial charge is 0.0776 e. The molecule has 0 spiro atoms. The SMILES string of the molecule is C.C.CCC(C)C.CCc1ccccc1C.Cc1ccc(C)cc1.Cc1ccc(C)cc1.Cc1cccc(C)c1. The fraction of sp³-hybridized carbons (Fsp3) is 0.400. The van der Waals surface area contributed by atoms with Gasteiger partial charge in [-0.2, -0.15) is 0 Å². The van der Waals surface area contributed by atoms with Crippen molar-refractivity contribution in [1.82, 2.24) is 0 Å². The normalized spacial score (nSPS) is 8.90. The van der Waals surface area contributed by atoms with Crippen molar-refractivity contribution in [3.63, 3.8) is 0 Å². The van der Waals surface area contributed by atoms with Crippen LogP contribution in [0.4, 0.5) is 0 Å². The fourth-order valence-corrected chi connectivity index (χ4v) is 3.09. The lowest BCUT2D eigenvalue weighted by Crippen LogP contribution is -1.82. The molecule has 0 saturated carbocycles. The van der Waals surface area contributed by atoms with Gasteiger partial charge >= 0.3 is 0 Å². The molecule has 222 valence electrons. The number of hydrogen-bond acceptors (Lipinski definition) is 0. The van der Waals surface area contributed by atoms with E-state index in [1.54, 1.807) is 0 Å². The lowest BCUT2D eigenvalue weighted by Gasteiger charge is -1.98. The predicted octanol–water partition coefficient (Wildman–Crippen LogP) is 12.8. The van der Waals surface area contributed by atoms with Crippen LogP contribution in [0.25, 0.3) is 0 Å². The Bertz CT molecular complexity index is 997. The van der Waals surface area contributed by atoms with Crippen molar-refractivity contribution in [3.05, 3.63) is 142 Å². The third-order valence-electron chi connectivity index (χ3n) is 6.07. The van der Waals surface area contributed by atoms with E-state index in [4.69, 9.17) is 0 Å². The van der Waals surface area contributed by atoms with Gasteiger partial charge in [0.2, 0.25) is 0 Å². The second-order valence-corrected chi connectivity index (χ2v) is 10.5. The van der Waals surface area contributed by atoms with Crippen LogP contribution in [0, 0.1) is 54.4 Å². The minimum atomic E-state index is 0. The van der Waals surface area contributed by atoms with Gasteiger partial charge in [-0.15, -0.1) is 0 Å². The molecular formula is C40H62. The van der Waals surface area contributed by atoms with Gasteiger partial charge in [0.25, 0.3) is 0 Å². The highest BCUT2D eigenvalue weighted by Crippen LogP contribution is 2.06. The van der Waals surface area contributed by atoms with E-state index < -0.39 is 0 Å². The zero-order valence-electron chi connectivity index (χ0n) is 26.2. The second kappa shape index (κ2) is 24.9. The Labute approximate surface area is 250 Å². The molecule has 40 heavy (non-hydrogen) atoms. The summed E-state index contributed by atoms with van der Waals surface area (Å²) in [4.78, 5) is 0. The quantitative estimate of drug-likeness (QED) is 0.236. The van der Waals surface area contributed by atoms with Crippen molar-refractivity contribution in [1.29, 1.82) is 0 Å². The Hall–Kier alpha value is -3.12. The molecule has 0 heterocycles. The van der Waals surface area contributed by atoms with Crippen molar-refractivity contribution in [2.24, 2.45) is 5.92 Å². The van der Waals surface area contributed by atoms with Gasteiger partial charge in [0.1, 0.15) is 0 Å². The Kier molecular flexibility index (Phi) is 25.7. The Balaban J connectivity index is -0.000000427. The van der Waals surface area contributed by atoms with Crippen LogP contribution in [0.15, 0.2) is 97.1 Å². The van der Waals surface area contributed by atoms with E-state index >= 15 is 0 Å². The zero-order chi connectivity index (χ0) is 28.9. The summed E-state index contributed by atoms with van der Waals surface area (Å²) in [6, 6.07) is 33.9. The van der Waals surface area contributed by atoms with Crippen LogP contribution in [-0.2, 0) is 6.42 Å². The van der Waals surface area contributed by atoms with E-state index in [1.165, 1.54) is 50.9 Å². The first-order chi connectivity index (χ1) is 18.0. The van der Waals surface area contributed by atoms with E-state index in [1.807, 2.05) is 0 Å². The molecule has 0 unspecified atom stereocenters. The molecule has 0 fully saturated rings. The topological polar surface area (TPSA) is 0 Å². The molecule has 0 aromatic heterocycles. The van der Waals surface area contributed by atoms with Crippen LogP contribution >= 0.6 is 0 Å². The maximum absolute atomic E-state index is 2.22. The van der Waals surface area contributed by atoms with Gasteiger partial charge in [0.15, 0.2) is 0 Å². The molecule has 0 bridgehead atoms. The predicted molar refractivity (Wildman–Crippen MR) is 187 cm³/mol. The second-order valence-electron chi connectivity index (χ2n) is 10.5. The number of aryl methyl sites for hydroxylation is 8. The minimum absolute atomic E-state index is 0. The minimum Gasteiger partial charge on any atom is -0.0776 e. The standard InChI is InChI=1S/C9H12.3C8H10.C5H12.2CH4/c1-3-9-7-5-4-6-8(9)2;2*1-7-3-5-8(2)6-4-7;1-7-4-3-5-8(2)6-7;1-4-5(2)3;;/h4-7H,3H2,1-2H3;3*3-6H,1-2H3;5H,4H2,1-3H3;2*1H4. The first-order valence-electron chi connectivity index (χ1n) is 14.1. The molecule has 0 aliphatic rings. The van der Waals surface area contributed by atoms with E-state index in [0.717, 1.165) is 12.3 Å². The third-order valence-corrected chi connectivity index (χ3v) is 6.07. The van der Waals surface area contributed by atoms with Crippen LogP contribution in [0.5, 0.6) is 0 Å². The third kappa shape index (κ3) is 22.8. The molecule has 0 heteroatoms. The number of hydrogen-bond donors (Lipinski definition) is 0. The first kappa shape index (κ1) is 41.4. The molecule has 0 aliphatic carbocycles. The summed E-state index contributed by atoms with van der Waals surface area (Å²) in [6.07, 6.45) is 2.45. The smallest absolute Gasteiger partial charge is 0.0305 e. The van der Waals surface area contributed by atoms with Gasteiger partial charge in [0, 0.05) is 0 Å². The highest BCUT2D eigenvalue weighted by atomic mass is 14.0. The Morgan fingerprint density at radius 2 is 0.775 bits per heavy atom. The Morgan fingerprint density at radius 3 is 0.975 bits per heavy atom. The summed E-state index contributed by atoms with van der Waals surface area (Å²) in [5.41, 5.74) is 10.9. The van der Waals surface area contributed by atoms with Gasteiger partial charge < -0.3 is 0 Å². The maximum Gasteiger partial charge on any atom is -0.0305 e. The van der Waals surface area contributed by atoms with E-state index in [0.29, 0.717) is 0 Å². The molecule has 0 radical (unpaired) electrons. The average Bonchev–Trinajstić information content (AvgIpc) is 2.89. The molecule has 0 nitrogen and oxygen atoms in total. The van der Waals surface area contributed by atoms with Gasteiger partial charge in [-0.05, 0) is 71.9 Å². The summed E-state index contributed by atoms with van der Waals surface area (Å²) in [6.45, 7) is 23.6. The average molecular weight is 543 g/mol. The molecule has 4 aromatic rings. The summed E-state index contributed by atoms with van der Waals surface area (Å²) in [7, 11) is 0. The molecule has 0 aliphatic heterocycles. The lowest BCUT2D eigenvalue weighted by molar-refractivity contribution is 0.626. The highest BCUT2D eigenvalue weighted by molar-refractivity contribution is 5.25. The van der Waals surface area contributed by atoms with Crippen molar-refractivity contribution in [2.45, 2.75) is 104 Å². The summed E-state index contributed by atoms with van der Waals surface area (Å²) in [5.74, 6) is 0.884. The summed E-state index contributed by atoms with van der Waals surface area (Å²) in [5, 5.41) is 0. The van der Waals surface area contributed by atoms with Gasteiger partial charge in [-0.3, -0.25) is 0 Å². The van der Waals surface area contributed by atoms with E-state index in [-0.39, 0.29) is 14.9 Å². The first-order valence-corrected chi connectivity index (χ1v) is 14.1. The molecule has 0 N–H and O–H groups in total. The molecule has 4 aromatic carbocycles. The van der Waals surface area contributed by atoms with Crippen molar-refractivity contribution < 1.29 is 0 Å². The van der Waals surface area contributed by atoms with Crippen molar-refractivity contribution in [2.75, 3.05) is 0 Å². The molecule has 0 amide bonds. The van der Waals surface area contributed by atoms with Gasteiger partial charge in [0.05, 0.1) is 0 Å². The van der Waals surface area contributed by atoms with Crippen LogP contribution in [0.1, 0.15) is 93.5 Å². The van der Waals surface area contributed by atoms with Crippen molar-refractivity contribution >= 4 is 0 Å². The summed E-state index contributed by atoms with van der Waals surface area (Å²) >= 11 is 0. The highest BCUT2D eigenvalue weighted by Gasteiger charge is 1.89. The maximum atomic E-state index is 2.22. The van der Waals surface area contributed by atoms with Gasteiger partial charge in [-0.1, -0.05) is 179 Å². The molecule has 0 saturated heterocycles.